The van der Waals surface area contributed by atoms with Crippen molar-refractivity contribution in [3.63, 3.8) is 0 Å². The van der Waals surface area contributed by atoms with E-state index in [1.807, 2.05) is 20.8 Å². The van der Waals surface area contributed by atoms with E-state index in [-0.39, 0.29) is 43.6 Å². The number of hydrogen-bond acceptors (Lipinski definition) is 6. The Morgan fingerprint density at radius 2 is 1.81 bits per heavy atom. The van der Waals surface area contributed by atoms with Crippen molar-refractivity contribution in [2.24, 2.45) is 0 Å². The van der Waals surface area contributed by atoms with Crippen molar-refractivity contribution in [2.45, 2.75) is 71.9 Å². The van der Waals surface area contributed by atoms with E-state index in [1.165, 1.54) is 6.92 Å². The summed E-state index contributed by atoms with van der Waals surface area (Å²) in [5.41, 5.74) is 0. The second-order valence-electron chi connectivity index (χ2n) is 5.20. The van der Waals surface area contributed by atoms with E-state index in [0.29, 0.717) is 19.3 Å². The highest BCUT2D eigenvalue weighted by atomic mass is 16.7. The Morgan fingerprint density at radius 3 is 2.29 bits per heavy atom. The summed E-state index contributed by atoms with van der Waals surface area (Å²) in [5, 5.41) is 9.13. The molecule has 0 fully saturated rings. The number of aliphatic hydroxyl groups excluding tert-OH is 1. The van der Waals surface area contributed by atoms with E-state index in [1.54, 1.807) is 0 Å². The summed E-state index contributed by atoms with van der Waals surface area (Å²) in [7, 11) is 0. The molecular weight excluding hydrogens is 276 g/mol. The van der Waals surface area contributed by atoms with Crippen LogP contribution in [-0.4, -0.2) is 48.6 Å². The summed E-state index contributed by atoms with van der Waals surface area (Å²) < 4.78 is 16.2. The molecule has 0 bridgehead atoms. The minimum absolute atomic E-state index is 0.0203. The minimum atomic E-state index is -0.696. The summed E-state index contributed by atoms with van der Waals surface area (Å²) in [5.74, 6) is -0.324. The quantitative estimate of drug-likeness (QED) is 0.437. The molecule has 21 heavy (non-hydrogen) atoms. The Bertz CT molecular complexity index is 299. The molecule has 0 aliphatic rings. The molecular formula is C15H28O6. The summed E-state index contributed by atoms with van der Waals surface area (Å²) in [6.07, 6.45) is 0.581. The van der Waals surface area contributed by atoms with E-state index in [0.717, 1.165) is 0 Å². The highest BCUT2D eigenvalue weighted by molar-refractivity contribution is 5.76. The second kappa shape index (κ2) is 11.7. The Morgan fingerprint density at radius 1 is 1.14 bits per heavy atom. The number of esters is 1. The van der Waals surface area contributed by atoms with Crippen molar-refractivity contribution in [1.29, 1.82) is 0 Å². The SMILES string of the molecule is CCC(CO)OC(COC(=O)CCCC(C)=O)OC(C)C. The van der Waals surface area contributed by atoms with Crippen LogP contribution >= 0.6 is 0 Å². The lowest BCUT2D eigenvalue weighted by molar-refractivity contribution is -0.217. The molecule has 0 radical (unpaired) electrons. The molecule has 0 saturated heterocycles. The Hall–Kier alpha value is -0.980. The van der Waals surface area contributed by atoms with Crippen LogP contribution in [0, 0.1) is 0 Å². The molecule has 6 nitrogen and oxygen atoms in total. The zero-order valence-corrected chi connectivity index (χ0v) is 13.5. The van der Waals surface area contributed by atoms with Gasteiger partial charge >= 0.3 is 5.97 Å². The van der Waals surface area contributed by atoms with Gasteiger partial charge in [0.15, 0.2) is 6.29 Å². The highest BCUT2D eigenvalue weighted by Crippen LogP contribution is 2.08. The zero-order valence-electron chi connectivity index (χ0n) is 13.5. The third-order valence-corrected chi connectivity index (χ3v) is 2.72. The van der Waals surface area contributed by atoms with E-state index in [2.05, 4.69) is 0 Å². The molecule has 0 spiro atoms. The van der Waals surface area contributed by atoms with Gasteiger partial charge in [0.05, 0.1) is 18.8 Å². The minimum Gasteiger partial charge on any atom is -0.460 e. The number of rotatable bonds is 12. The van der Waals surface area contributed by atoms with Crippen LogP contribution in [0.25, 0.3) is 0 Å². The predicted octanol–water partition coefficient (Wildman–Crippen LogP) is 1.83. The fourth-order valence-corrected chi connectivity index (χ4v) is 1.61. The standard InChI is InChI=1S/C15H28O6/c1-5-13(9-16)21-15(20-11(2)3)10-19-14(18)8-6-7-12(4)17/h11,13,15-16H,5-10H2,1-4H3. The first-order valence-electron chi connectivity index (χ1n) is 7.45. The summed E-state index contributed by atoms with van der Waals surface area (Å²) in [6, 6.07) is 0. The van der Waals surface area contributed by atoms with Crippen LogP contribution in [-0.2, 0) is 23.8 Å². The van der Waals surface area contributed by atoms with Crippen LogP contribution in [0.15, 0.2) is 0 Å². The molecule has 0 aliphatic heterocycles. The number of ketones is 1. The van der Waals surface area contributed by atoms with Gasteiger partial charge in [0, 0.05) is 12.8 Å². The third kappa shape index (κ3) is 11.4. The van der Waals surface area contributed by atoms with Gasteiger partial charge in [0.2, 0.25) is 0 Å². The number of carbonyl (C=O) groups is 2. The van der Waals surface area contributed by atoms with Gasteiger partial charge in [0.25, 0.3) is 0 Å². The molecule has 1 N–H and O–H groups in total. The lowest BCUT2D eigenvalue weighted by atomic mass is 10.2. The Labute approximate surface area is 126 Å². The molecule has 0 amide bonds. The van der Waals surface area contributed by atoms with E-state index in [9.17, 15) is 9.59 Å². The fourth-order valence-electron chi connectivity index (χ4n) is 1.61. The van der Waals surface area contributed by atoms with Crippen LogP contribution in [0.3, 0.4) is 0 Å². The topological polar surface area (TPSA) is 82.1 Å². The number of hydrogen-bond donors (Lipinski definition) is 1. The fraction of sp³-hybridized carbons (Fsp3) is 0.867. The lowest BCUT2D eigenvalue weighted by Crippen LogP contribution is -2.33. The van der Waals surface area contributed by atoms with Crippen molar-refractivity contribution in [1.82, 2.24) is 0 Å². The van der Waals surface area contributed by atoms with E-state index in [4.69, 9.17) is 19.3 Å². The van der Waals surface area contributed by atoms with Crippen molar-refractivity contribution >= 4 is 11.8 Å². The molecule has 0 aliphatic carbocycles. The smallest absolute Gasteiger partial charge is 0.305 e. The number of Topliss-reactive ketones (excluding diaryl/α,β-unsaturated/α-hetero) is 1. The van der Waals surface area contributed by atoms with Crippen LogP contribution in [0.1, 0.15) is 53.4 Å². The molecule has 6 heteroatoms. The van der Waals surface area contributed by atoms with Gasteiger partial charge < -0.3 is 24.1 Å². The van der Waals surface area contributed by atoms with Crippen molar-refractivity contribution in [2.75, 3.05) is 13.2 Å². The van der Waals surface area contributed by atoms with E-state index < -0.39 is 6.29 Å². The van der Waals surface area contributed by atoms with Crippen molar-refractivity contribution in [3.05, 3.63) is 0 Å². The first-order valence-corrected chi connectivity index (χ1v) is 7.45. The monoisotopic (exact) mass is 304 g/mol. The van der Waals surface area contributed by atoms with Gasteiger partial charge in [-0.15, -0.1) is 0 Å². The van der Waals surface area contributed by atoms with Gasteiger partial charge in [-0.1, -0.05) is 6.92 Å². The van der Waals surface area contributed by atoms with Gasteiger partial charge in [-0.2, -0.15) is 0 Å². The van der Waals surface area contributed by atoms with E-state index >= 15 is 0 Å². The van der Waals surface area contributed by atoms with Gasteiger partial charge in [0.1, 0.15) is 12.4 Å². The van der Waals surface area contributed by atoms with Gasteiger partial charge in [-0.05, 0) is 33.6 Å². The predicted molar refractivity (Wildman–Crippen MR) is 77.7 cm³/mol. The number of carbonyl (C=O) groups excluding carboxylic acids is 2. The maximum atomic E-state index is 11.5. The maximum absolute atomic E-state index is 11.5. The van der Waals surface area contributed by atoms with Crippen LogP contribution in [0.5, 0.6) is 0 Å². The molecule has 2 unspecified atom stereocenters. The molecule has 0 aromatic heterocycles. The van der Waals surface area contributed by atoms with Crippen LogP contribution in [0.2, 0.25) is 0 Å². The number of ether oxygens (including phenoxy) is 3. The third-order valence-electron chi connectivity index (χ3n) is 2.72. The maximum Gasteiger partial charge on any atom is 0.305 e. The van der Waals surface area contributed by atoms with Crippen LogP contribution in [0.4, 0.5) is 0 Å². The molecule has 2 atom stereocenters. The van der Waals surface area contributed by atoms with Gasteiger partial charge in [-0.25, -0.2) is 0 Å². The molecule has 0 aromatic rings. The Kier molecular flexibility index (Phi) is 11.1. The zero-order chi connectivity index (χ0) is 16.3. The van der Waals surface area contributed by atoms with Gasteiger partial charge in [-0.3, -0.25) is 4.79 Å². The summed E-state index contributed by atoms with van der Waals surface area (Å²) >= 11 is 0. The second-order valence-corrected chi connectivity index (χ2v) is 5.20. The normalized spacial score (nSPS) is 14.0. The average molecular weight is 304 g/mol. The number of aliphatic hydroxyl groups is 1. The highest BCUT2D eigenvalue weighted by Gasteiger charge is 2.19. The molecule has 124 valence electrons. The molecule has 0 heterocycles. The molecule has 0 rings (SSSR count). The first kappa shape index (κ1) is 20.0. The largest absolute Gasteiger partial charge is 0.460 e. The summed E-state index contributed by atoms with van der Waals surface area (Å²) in [6.45, 7) is 6.96. The average Bonchev–Trinajstić information content (AvgIpc) is 2.40. The first-order chi connectivity index (χ1) is 9.88. The molecule has 0 saturated carbocycles. The lowest BCUT2D eigenvalue weighted by Gasteiger charge is -2.24. The van der Waals surface area contributed by atoms with Crippen LogP contribution < -0.4 is 0 Å². The summed E-state index contributed by atoms with van der Waals surface area (Å²) in [4.78, 5) is 22.3. The van der Waals surface area contributed by atoms with Crippen molar-refractivity contribution < 1.29 is 28.9 Å². The van der Waals surface area contributed by atoms with Crippen molar-refractivity contribution in [3.8, 4) is 0 Å². The Balaban J connectivity index is 4.15. The molecule has 0 aromatic carbocycles.